The summed E-state index contributed by atoms with van der Waals surface area (Å²) in [6.07, 6.45) is 0. The van der Waals surface area contributed by atoms with Crippen molar-refractivity contribution < 1.29 is 23.5 Å². The molecule has 0 saturated carbocycles. The fraction of sp³-hybridized carbons (Fsp3) is 0.385. The molecule has 1 fully saturated rings. The number of hydrogen-bond donors (Lipinski definition) is 2. The molecule has 2 atom stereocenters. The third-order valence-corrected chi connectivity index (χ3v) is 3.39. The average molecular weight is 284 g/mol. The van der Waals surface area contributed by atoms with E-state index >= 15 is 0 Å². The van der Waals surface area contributed by atoms with Crippen molar-refractivity contribution in [2.45, 2.75) is 6.92 Å². The van der Waals surface area contributed by atoms with Crippen molar-refractivity contribution in [2.24, 2.45) is 11.8 Å². The Kier molecular flexibility index (Phi) is 3.87. The fourth-order valence-electron chi connectivity index (χ4n) is 2.24. The first-order valence-electron chi connectivity index (χ1n) is 6.12. The van der Waals surface area contributed by atoms with E-state index in [1.165, 1.54) is 4.90 Å². The fourth-order valence-corrected chi connectivity index (χ4v) is 2.24. The van der Waals surface area contributed by atoms with Gasteiger partial charge < -0.3 is 15.3 Å². The van der Waals surface area contributed by atoms with E-state index < -0.39 is 29.6 Å². The molecule has 1 aromatic rings. The third kappa shape index (κ3) is 2.87. The van der Waals surface area contributed by atoms with Gasteiger partial charge in [-0.1, -0.05) is 6.92 Å². The van der Waals surface area contributed by atoms with Crippen LogP contribution in [0, 0.1) is 23.5 Å². The maximum absolute atomic E-state index is 13.4. The molecule has 0 aromatic heterocycles. The van der Waals surface area contributed by atoms with E-state index in [-0.39, 0.29) is 24.7 Å². The van der Waals surface area contributed by atoms with Crippen LogP contribution in [0.15, 0.2) is 18.2 Å². The number of carboxylic acids is 1. The molecule has 1 aliphatic rings. The summed E-state index contributed by atoms with van der Waals surface area (Å²) in [6.45, 7) is 2.05. The van der Waals surface area contributed by atoms with Crippen LogP contribution in [0.4, 0.5) is 19.3 Å². The van der Waals surface area contributed by atoms with Gasteiger partial charge in [0.25, 0.3) is 0 Å². The molecule has 0 radical (unpaired) electrons. The first-order chi connectivity index (χ1) is 9.38. The van der Waals surface area contributed by atoms with Crippen molar-refractivity contribution in [1.82, 2.24) is 4.90 Å². The molecule has 2 rings (SSSR count). The maximum atomic E-state index is 13.4. The number of nitrogens with zero attached hydrogens (tertiary/aromatic N) is 1. The lowest BCUT2D eigenvalue weighted by molar-refractivity contribution is -0.142. The van der Waals surface area contributed by atoms with Crippen LogP contribution in [0.5, 0.6) is 0 Å². The molecular formula is C13H14F2N2O3. The average Bonchev–Trinajstić information content (AvgIpc) is 2.76. The Hall–Kier alpha value is -2.18. The van der Waals surface area contributed by atoms with Crippen molar-refractivity contribution in [2.75, 3.05) is 18.4 Å². The molecule has 2 N–H and O–H groups in total. The zero-order valence-electron chi connectivity index (χ0n) is 10.8. The van der Waals surface area contributed by atoms with E-state index in [4.69, 9.17) is 5.11 Å². The SMILES string of the molecule is CC1CN(C(=O)Nc2cc(F)ccc2F)CC1C(=O)O. The molecule has 0 spiro atoms. The van der Waals surface area contributed by atoms with Gasteiger partial charge in [0.2, 0.25) is 0 Å². The highest BCUT2D eigenvalue weighted by Gasteiger charge is 2.37. The van der Waals surface area contributed by atoms with Gasteiger partial charge in [-0.2, -0.15) is 0 Å². The van der Waals surface area contributed by atoms with Crippen LogP contribution in [0.3, 0.4) is 0 Å². The van der Waals surface area contributed by atoms with Gasteiger partial charge in [-0.15, -0.1) is 0 Å². The predicted molar refractivity (Wildman–Crippen MR) is 67.2 cm³/mol. The minimum atomic E-state index is -0.968. The van der Waals surface area contributed by atoms with Gasteiger partial charge in [0, 0.05) is 19.2 Å². The Balaban J connectivity index is 2.06. The summed E-state index contributed by atoms with van der Waals surface area (Å²) in [4.78, 5) is 24.2. The van der Waals surface area contributed by atoms with Gasteiger partial charge in [-0.05, 0) is 18.1 Å². The Labute approximate surface area is 114 Å². The summed E-state index contributed by atoms with van der Waals surface area (Å²) >= 11 is 0. The highest BCUT2D eigenvalue weighted by Crippen LogP contribution is 2.24. The molecule has 1 heterocycles. The van der Waals surface area contributed by atoms with Gasteiger partial charge in [0.15, 0.2) is 0 Å². The summed E-state index contributed by atoms with van der Waals surface area (Å²) in [5.74, 6) is -3.21. The van der Waals surface area contributed by atoms with Gasteiger partial charge in [-0.25, -0.2) is 13.6 Å². The molecular weight excluding hydrogens is 270 g/mol. The number of carbonyl (C=O) groups excluding carboxylic acids is 1. The van der Waals surface area contributed by atoms with Crippen molar-refractivity contribution >= 4 is 17.7 Å². The number of hydrogen-bond acceptors (Lipinski definition) is 2. The number of benzene rings is 1. The lowest BCUT2D eigenvalue weighted by atomic mass is 9.99. The number of rotatable bonds is 2. The lowest BCUT2D eigenvalue weighted by Crippen LogP contribution is -2.34. The summed E-state index contributed by atoms with van der Waals surface area (Å²) in [5, 5.41) is 11.2. The zero-order chi connectivity index (χ0) is 14.9. The molecule has 0 aliphatic carbocycles. The first kappa shape index (κ1) is 14.2. The van der Waals surface area contributed by atoms with Gasteiger partial charge >= 0.3 is 12.0 Å². The maximum Gasteiger partial charge on any atom is 0.321 e. The third-order valence-electron chi connectivity index (χ3n) is 3.39. The molecule has 20 heavy (non-hydrogen) atoms. The Bertz CT molecular complexity index is 550. The number of carbonyl (C=O) groups is 2. The summed E-state index contributed by atoms with van der Waals surface area (Å²) in [5.41, 5.74) is -0.263. The molecule has 0 bridgehead atoms. The largest absolute Gasteiger partial charge is 0.481 e. The minimum absolute atomic E-state index is 0.0548. The van der Waals surface area contributed by atoms with Crippen LogP contribution in [0.1, 0.15) is 6.92 Å². The topological polar surface area (TPSA) is 69.6 Å². The number of likely N-dealkylation sites (tertiary alicyclic amines) is 1. The first-order valence-corrected chi connectivity index (χ1v) is 6.12. The van der Waals surface area contributed by atoms with Crippen molar-refractivity contribution in [3.63, 3.8) is 0 Å². The number of halogens is 2. The normalized spacial score (nSPS) is 21.9. The van der Waals surface area contributed by atoms with Gasteiger partial charge in [-0.3, -0.25) is 4.79 Å². The van der Waals surface area contributed by atoms with Crippen LogP contribution in [0.25, 0.3) is 0 Å². The highest BCUT2D eigenvalue weighted by atomic mass is 19.1. The second kappa shape index (κ2) is 5.44. The van der Waals surface area contributed by atoms with Crippen molar-refractivity contribution in [3.05, 3.63) is 29.8 Å². The van der Waals surface area contributed by atoms with Crippen LogP contribution in [0.2, 0.25) is 0 Å². The zero-order valence-corrected chi connectivity index (χ0v) is 10.8. The van der Waals surface area contributed by atoms with E-state index in [2.05, 4.69) is 5.32 Å². The van der Waals surface area contributed by atoms with E-state index in [0.29, 0.717) is 0 Å². The summed E-state index contributed by atoms with van der Waals surface area (Å²) in [6, 6.07) is 2.10. The smallest absolute Gasteiger partial charge is 0.321 e. The molecule has 7 heteroatoms. The molecule has 1 aromatic carbocycles. The van der Waals surface area contributed by atoms with Crippen LogP contribution in [-0.4, -0.2) is 35.1 Å². The molecule has 1 saturated heterocycles. The molecule has 2 amide bonds. The van der Waals surface area contributed by atoms with Gasteiger partial charge in [0.05, 0.1) is 11.6 Å². The van der Waals surface area contributed by atoms with Crippen molar-refractivity contribution in [1.29, 1.82) is 0 Å². The summed E-state index contributed by atoms with van der Waals surface area (Å²) < 4.78 is 26.4. The minimum Gasteiger partial charge on any atom is -0.481 e. The molecule has 1 aliphatic heterocycles. The van der Waals surface area contributed by atoms with Gasteiger partial charge in [0.1, 0.15) is 11.6 Å². The number of nitrogens with one attached hydrogen (secondary N) is 1. The molecule has 108 valence electrons. The van der Waals surface area contributed by atoms with Crippen LogP contribution in [-0.2, 0) is 4.79 Å². The van der Waals surface area contributed by atoms with Crippen molar-refractivity contribution in [3.8, 4) is 0 Å². The van der Waals surface area contributed by atoms with Crippen LogP contribution < -0.4 is 5.32 Å². The molecule has 5 nitrogen and oxygen atoms in total. The second-order valence-electron chi connectivity index (χ2n) is 4.88. The van der Waals surface area contributed by atoms with E-state index in [9.17, 15) is 18.4 Å². The predicted octanol–water partition coefficient (Wildman–Crippen LogP) is 2.15. The number of amides is 2. The van der Waals surface area contributed by atoms with E-state index in [1.54, 1.807) is 6.92 Å². The summed E-state index contributed by atoms with van der Waals surface area (Å²) in [7, 11) is 0. The van der Waals surface area contributed by atoms with Crippen LogP contribution >= 0.6 is 0 Å². The number of anilines is 1. The Morgan fingerprint density at radius 3 is 2.65 bits per heavy atom. The lowest BCUT2D eigenvalue weighted by Gasteiger charge is -2.17. The standard InChI is InChI=1S/C13H14F2N2O3/c1-7-5-17(6-9(7)12(18)19)13(20)16-11-4-8(14)2-3-10(11)15/h2-4,7,9H,5-6H2,1H3,(H,16,20)(H,18,19). The quantitative estimate of drug-likeness (QED) is 0.874. The Morgan fingerprint density at radius 2 is 2.05 bits per heavy atom. The monoisotopic (exact) mass is 284 g/mol. The number of aliphatic carboxylic acids is 1. The van der Waals surface area contributed by atoms with E-state index in [1.807, 2.05) is 0 Å². The Morgan fingerprint density at radius 1 is 1.35 bits per heavy atom. The second-order valence-corrected chi connectivity index (χ2v) is 4.88. The number of urea groups is 1. The van der Waals surface area contributed by atoms with E-state index in [0.717, 1.165) is 18.2 Å². The molecule has 2 unspecified atom stereocenters. The highest BCUT2D eigenvalue weighted by molar-refractivity contribution is 5.90. The number of carboxylic acid groups (broad SMARTS) is 1.